The minimum atomic E-state index is -0.588. The van der Waals surface area contributed by atoms with E-state index >= 15 is 0 Å². The fourth-order valence-electron chi connectivity index (χ4n) is 3.76. The number of nitrogens with one attached hydrogen (secondary N) is 3. The van der Waals surface area contributed by atoms with Crippen LogP contribution in [0.1, 0.15) is 70.4 Å². The summed E-state index contributed by atoms with van der Waals surface area (Å²) >= 11 is 0. The van der Waals surface area contributed by atoms with Crippen LogP contribution >= 0.6 is 0 Å². The number of likely N-dealkylation sites (N-methyl/N-ethyl adjacent to an activating group) is 1. The topological polar surface area (TPSA) is 135 Å². The number of aromatic nitrogens is 2. The fourth-order valence-corrected chi connectivity index (χ4v) is 3.76. The van der Waals surface area contributed by atoms with Gasteiger partial charge in [0.25, 0.3) is 5.91 Å². The molecule has 1 aromatic rings. The highest BCUT2D eigenvalue weighted by atomic mass is 16.6. The lowest BCUT2D eigenvalue weighted by Crippen LogP contribution is -2.50. The van der Waals surface area contributed by atoms with Gasteiger partial charge in [-0.1, -0.05) is 27.2 Å². The minimum absolute atomic E-state index is 0.0188. The van der Waals surface area contributed by atoms with Crippen LogP contribution in [0.15, 0.2) is 6.20 Å². The number of alkyl carbamates (subject to hydrolysis) is 1. The van der Waals surface area contributed by atoms with E-state index in [-0.39, 0.29) is 55.5 Å². The quantitative estimate of drug-likeness (QED) is 0.346. The van der Waals surface area contributed by atoms with Crippen LogP contribution in [0.3, 0.4) is 0 Å². The summed E-state index contributed by atoms with van der Waals surface area (Å²) in [5.74, 6) is 0.0783. The van der Waals surface area contributed by atoms with Crippen molar-refractivity contribution < 1.29 is 23.9 Å². The van der Waals surface area contributed by atoms with Crippen LogP contribution in [0.2, 0.25) is 0 Å². The van der Waals surface area contributed by atoms with E-state index in [0.717, 1.165) is 12.8 Å². The molecule has 0 saturated carbocycles. The van der Waals surface area contributed by atoms with Gasteiger partial charge < -0.3 is 30.3 Å². The number of aryl methyl sites for hydroxylation is 1. The van der Waals surface area contributed by atoms with E-state index in [1.165, 1.54) is 6.20 Å². The van der Waals surface area contributed by atoms with E-state index in [9.17, 15) is 14.4 Å². The average molecular weight is 509 g/mol. The van der Waals surface area contributed by atoms with Crippen LogP contribution in [0.4, 0.5) is 10.7 Å². The third kappa shape index (κ3) is 9.96. The van der Waals surface area contributed by atoms with Gasteiger partial charge in [-0.3, -0.25) is 9.59 Å². The van der Waals surface area contributed by atoms with E-state index in [0.29, 0.717) is 11.3 Å². The molecule has 204 valence electrons. The zero-order chi connectivity index (χ0) is 27.5. The number of carbonyl (C=O) groups is 3. The van der Waals surface area contributed by atoms with Gasteiger partial charge in [0.05, 0.1) is 29.9 Å². The molecule has 11 nitrogen and oxygen atoms in total. The summed E-state index contributed by atoms with van der Waals surface area (Å²) in [6.07, 6.45) is 2.55. The molecule has 0 aliphatic carbocycles. The molecule has 0 aliphatic heterocycles. The summed E-state index contributed by atoms with van der Waals surface area (Å²) in [7, 11) is 3.46. The summed E-state index contributed by atoms with van der Waals surface area (Å²) in [4.78, 5) is 47.3. The van der Waals surface area contributed by atoms with Gasteiger partial charge in [-0.25, -0.2) is 14.8 Å². The van der Waals surface area contributed by atoms with Crippen molar-refractivity contribution in [3.8, 4) is 0 Å². The lowest BCUT2D eigenvalue weighted by molar-refractivity contribution is -0.134. The molecule has 0 fully saturated rings. The van der Waals surface area contributed by atoms with Gasteiger partial charge in [-0.15, -0.1) is 0 Å². The Morgan fingerprint density at radius 3 is 2.28 bits per heavy atom. The molecule has 3 atom stereocenters. The van der Waals surface area contributed by atoms with E-state index in [4.69, 9.17) is 9.47 Å². The van der Waals surface area contributed by atoms with Crippen molar-refractivity contribution >= 4 is 23.9 Å². The minimum Gasteiger partial charge on any atom is -0.444 e. The van der Waals surface area contributed by atoms with E-state index in [2.05, 4.69) is 39.8 Å². The van der Waals surface area contributed by atoms with Gasteiger partial charge in [0, 0.05) is 33.4 Å². The molecule has 0 bridgehead atoms. The molecule has 0 radical (unpaired) electrons. The van der Waals surface area contributed by atoms with Crippen molar-refractivity contribution in [2.75, 3.05) is 39.1 Å². The number of carbonyl (C=O) groups excluding carboxylic acids is 3. The number of ether oxygens (including phenoxy) is 2. The van der Waals surface area contributed by atoms with Crippen molar-refractivity contribution in [3.63, 3.8) is 0 Å². The van der Waals surface area contributed by atoms with Crippen LogP contribution in [0, 0.1) is 12.8 Å². The first-order valence-corrected chi connectivity index (χ1v) is 12.5. The molecular formula is C25H44N6O5. The second-order valence-corrected chi connectivity index (χ2v) is 9.79. The Balaban J connectivity index is 2.65. The average Bonchev–Trinajstić information content (AvgIpc) is 2.81. The summed E-state index contributed by atoms with van der Waals surface area (Å²) < 4.78 is 10.8. The number of nitrogens with zero attached hydrogens (tertiary/aromatic N) is 3. The number of methoxy groups -OCH3 is 1. The van der Waals surface area contributed by atoms with E-state index in [1.54, 1.807) is 46.8 Å². The molecule has 3 N–H and O–H groups in total. The molecular weight excluding hydrogens is 464 g/mol. The SMILES string of the molecule is CCC(C)C(C(CC)OC)N(C)C(=O)CNc1ncc(C(=O)NCCNC(=O)OC(C)(C)C)c(C)n1. The van der Waals surface area contributed by atoms with Crippen LogP contribution in [0.5, 0.6) is 0 Å². The van der Waals surface area contributed by atoms with E-state index in [1.807, 2.05) is 6.92 Å². The highest BCUT2D eigenvalue weighted by Crippen LogP contribution is 2.21. The molecule has 0 aliphatic rings. The summed E-state index contributed by atoms with van der Waals surface area (Å²) in [5, 5.41) is 8.24. The monoisotopic (exact) mass is 508 g/mol. The molecule has 3 amide bonds. The summed E-state index contributed by atoms with van der Waals surface area (Å²) in [5.41, 5.74) is 0.188. The third-order valence-electron chi connectivity index (χ3n) is 5.85. The van der Waals surface area contributed by atoms with Crippen LogP contribution < -0.4 is 16.0 Å². The molecule has 1 heterocycles. The first-order valence-electron chi connectivity index (χ1n) is 12.5. The largest absolute Gasteiger partial charge is 0.444 e. The van der Waals surface area contributed by atoms with E-state index < -0.39 is 11.7 Å². The zero-order valence-electron chi connectivity index (χ0n) is 23.2. The maximum atomic E-state index is 12.9. The van der Waals surface area contributed by atoms with Crippen LogP contribution in [0.25, 0.3) is 0 Å². The van der Waals surface area contributed by atoms with Gasteiger partial charge in [0.15, 0.2) is 0 Å². The Morgan fingerprint density at radius 2 is 1.75 bits per heavy atom. The number of rotatable bonds is 13. The number of amides is 3. The Bertz CT molecular complexity index is 869. The first kappa shape index (κ1) is 31.1. The van der Waals surface area contributed by atoms with Gasteiger partial charge in [-0.05, 0) is 40.0 Å². The lowest BCUT2D eigenvalue weighted by atomic mass is 9.91. The highest BCUT2D eigenvalue weighted by molar-refractivity contribution is 5.95. The second kappa shape index (κ2) is 14.6. The first-order chi connectivity index (χ1) is 16.8. The van der Waals surface area contributed by atoms with Crippen molar-refractivity contribution in [2.45, 2.75) is 79.1 Å². The van der Waals surface area contributed by atoms with Crippen molar-refractivity contribution in [3.05, 3.63) is 17.5 Å². The molecule has 11 heteroatoms. The molecule has 0 aromatic carbocycles. The van der Waals surface area contributed by atoms with Gasteiger partial charge in [0.2, 0.25) is 11.9 Å². The number of anilines is 1. The maximum Gasteiger partial charge on any atom is 0.407 e. The van der Waals surface area contributed by atoms with Crippen molar-refractivity contribution in [1.82, 2.24) is 25.5 Å². The van der Waals surface area contributed by atoms with Crippen molar-refractivity contribution in [2.24, 2.45) is 5.92 Å². The molecule has 1 aromatic heterocycles. The molecule has 0 spiro atoms. The maximum absolute atomic E-state index is 12.9. The number of hydrogen-bond acceptors (Lipinski definition) is 8. The highest BCUT2D eigenvalue weighted by Gasteiger charge is 2.31. The molecule has 0 saturated heterocycles. The second-order valence-electron chi connectivity index (χ2n) is 9.79. The van der Waals surface area contributed by atoms with Crippen LogP contribution in [-0.4, -0.2) is 84.3 Å². The lowest BCUT2D eigenvalue weighted by Gasteiger charge is -2.37. The molecule has 3 unspecified atom stereocenters. The van der Waals surface area contributed by atoms with Crippen LogP contribution in [-0.2, 0) is 14.3 Å². The Morgan fingerprint density at radius 1 is 1.11 bits per heavy atom. The summed E-state index contributed by atoms with van der Waals surface area (Å²) in [6.45, 7) is 13.7. The predicted octanol–water partition coefficient (Wildman–Crippen LogP) is 2.75. The standard InChI is InChI=1S/C25H44N6O5/c1-10-16(3)21(19(11-2)35-9)31(8)20(32)15-29-23-28-14-18(17(4)30-23)22(33)26-12-13-27-24(34)36-25(5,6)7/h14,16,19,21H,10-13,15H2,1-9H3,(H,26,33)(H,27,34)(H,28,29,30). The third-order valence-corrected chi connectivity index (χ3v) is 5.85. The Labute approximate surface area is 215 Å². The van der Waals surface area contributed by atoms with Crippen molar-refractivity contribution in [1.29, 1.82) is 0 Å². The van der Waals surface area contributed by atoms with Gasteiger partial charge in [-0.2, -0.15) is 0 Å². The Kier molecular flexibility index (Phi) is 12.6. The van der Waals surface area contributed by atoms with Gasteiger partial charge in [0.1, 0.15) is 5.60 Å². The summed E-state index contributed by atoms with van der Waals surface area (Å²) in [6, 6.07) is -0.0437. The number of hydrogen-bond donors (Lipinski definition) is 3. The predicted molar refractivity (Wildman–Crippen MR) is 139 cm³/mol. The fraction of sp³-hybridized carbons (Fsp3) is 0.720. The zero-order valence-corrected chi connectivity index (χ0v) is 23.2. The Hall–Kier alpha value is -2.95. The normalized spacial score (nSPS) is 13.8. The van der Waals surface area contributed by atoms with Gasteiger partial charge >= 0.3 is 6.09 Å². The molecule has 1 rings (SSSR count). The molecule has 36 heavy (non-hydrogen) atoms. The smallest absolute Gasteiger partial charge is 0.407 e.